The predicted octanol–water partition coefficient (Wildman–Crippen LogP) is 13.1. The van der Waals surface area contributed by atoms with Crippen LogP contribution in [0.4, 0.5) is 0 Å². The summed E-state index contributed by atoms with van der Waals surface area (Å²) in [5, 5.41) is 14.5. The fourth-order valence-corrected chi connectivity index (χ4v) is 6.80. The molecule has 2 aliphatic heterocycles. The molecule has 0 saturated carbocycles. The third-order valence-electron chi connectivity index (χ3n) is 9.50. The average molecular weight is 961 g/mol. The number of esters is 1. The van der Waals surface area contributed by atoms with Crippen molar-refractivity contribution >= 4 is 92.2 Å². The largest absolute Gasteiger partial charge is 0.508 e. The number of likely N-dealkylation sites (N-methyl/N-ethyl adjacent to an activating group) is 2. The Hall–Kier alpha value is -4.39. The molecule has 6 rings (SSSR count). The summed E-state index contributed by atoms with van der Waals surface area (Å²) in [5.74, 6) is -1.42. The number of halogens is 5. The standard InChI is InChI=1S/C24H25Cl2NO4.C19H17Cl2NO3.C5H9ClO/c1-23(2,3)22(29)30-20-19(21(28)27(6)31-24(20,4)5)17-13-15(10-11-18(17)26)14-8-7-9-16(25)12-14;1-19(2)17(23)16(18(24)22(3)25-19)14-10-12(7-8-15(14)21)11-5-4-6-13(20)9-11;1-5(2,3)4(6)7/h7-13H,1-6H3;4-10,23H,1-3H3;1-3H3. The topological polar surface area (TPSA) is 123 Å². The SMILES string of the molecule is CC(C)(C)C(=O)Cl.CN1OC(C)(C)C(O)=C(c2cc(-c3cccc(Cl)c3)ccc2Cl)C1=O.CN1OC(C)(C)C(OC(=O)C(C)(C)C)=C(c2cc(-c3cccc(Cl)c3)ccc2Cl)C1=O. The molecule has 15 heteroatoms. The number of rotatable bonds is 5. The molecular formula is C48H51Cl5N2O8. The van der Waals surface area contributed by atoms with Crippen LogP contribution in [0.3, 0.4) is 0 Å². The van der Waals surface area contributed by atoms with Crippen LogP contribution < -0.4 is 0 Å². The van der Waals surface area contributed by atoms with Gasteiger partial charge in [0, 0.05) is 50.7 Å². The molecule has 0 bridgehead atoms. The minimum absolute atomic E-state index is 0.126. The van der Waals surface area contributed by atoms with Crippen molar-refractivity contribution in [2.45, 2.75) is 80.4 Å². The van der Waals surface area contributed by atoms with Gasteiger partial charge >= 0.3 is 5.97 Å². The number of aliphatic hydroxyl groups excluding tert-OH is 1. The zero-order valence-electron chi connectivity index (χ0n) is 37.2. The highest BCUT2D eigenvalue weighted by atomic mass is 35.5. The van der Waals surface area contributed by atoms with Crippen molar-refractivity contribution in [1.29, 1.82) is 0 Å². The van der Waals surface area contributed by atoms with E-state index in [1.165, 1.54) is 14.1 Å². The van der Waals surface area contributed by atoms with Gasteiger partial charge in [-0.2, -0.15) is 0 Å². The Morgan fingerprint density at radius 3 is 1.38 bits per heavy atom. The van der Waals surface area contributed by atoms with Gasteiger partial charge < -0.3 is 9.84 Å². The van der Waals surface area contributed by atoms with Gasteiger partial charge in [0.15, 0.2) is 5.76 Å². The second-order valence-corrected chi connectivity index (χ2v) is 19.8. The predicted molar refractivity (Wildman–Crippen MR) is 252 cm³/mol. The quantitative estimate of drug-likeness (QED) is 0.155. The molecular weight excluding hydrogens is 910 g/mol. The van der Waals surface area contributed by atoms with Gasteiger partial charge in [-0.05, 0) is 131 Å². The van der Waals surface area contributed by atoms with Gasteiger partial charge in [0.25, 0.3) is 11.8 Å². The number of aliphatic hydroxyl groups is 1. The van der Waals surface area contributed by atoms with E-state index < -0.39 is 34.4 Å². The Balaban J connectivity index is 0.000000244. The summed E-state index contributed by atoms with van der Waals surface area (Å²) in [5.41, 5.74) is 1.37. The maximum atomic E-state index is 13.2. The molecule has 2 amide bonds. The maximum Gasteiger partial charge on any atom is 0.316 e. The highest BCUT2D eigenvalue weighted by Crippen LogP contribution is 2.42. The van der Waals surface area contributed by atoms with Crippen LogP contribution in [0.2, 0.25) is 20.1 Å². The van der Waals surface area contributed by atoms with E-state index in [-0.39, 0.29) is 33.3 Å². The van der Waals surface area contributed by atoms with Crippen LogP contribution in [0.5, 0.6) is 0 Å². The van der Waals surface area contributed by atoms with Gasteiger partial charge in [-0.3, -0.25) is 28.9 Å². The molecule has 0 fully saturated rings. The first kappa shape index (κ1) is 51.2. The molecule has 0 atom stereocenters. The van der Waals surface area contributed by atoms with Gasteiger partial charge in [-0.1, -0.05) is 104 Å². The van der Waals surface area contributed by atoms with Crippen molar-refractivity contribution < 1.29 is 38.7 Å². The molecule has 10 nitrogen and oxygen atoms in total. The van der Waals surface area contributed by atoms with Crippen LogP contribution in [0, 0.1) is 10.8 Å². The van der Waals surface area contributed by atoms with Crippen molar-refractivity contribution in [2.24, 2.45) is 10.8 Å². The minimum Gasteiger partial charge on any atom is -0.508 e. The van der Waals surface area contributed by atoms with Crippen LogP contribution in [0.15, 0.2) is 96.4 Å². The van der Waals surface area contributed by atoms with Crippen molar-refractivity contribution in [3.8, 4) is 22.3 Å². The lowest BCUT2D eigenvalue weighted by Gasteiger charge is -2.38. The number of ether oxygens (including phenoxy) is 1. The fourth-order valence-electron chi connectivity index (χ4n) is 6.00. The highest BCUT2D eigenvalue weighted by molar-refractivity contribution is 6.64. The number of amides is 2. The Morgan fingerprint density at radius 2 is 0.984 bits per heavy atom. The molecule has 4 aromatic rings. The Morgan fingerprint density at radius 1 is 0.603 bits per heavy atom. The second-order valence-electron chi connectivity index (χ2n) is 17.8. The molecule has 4 aromatic carbocycles. The maximum absolute atomic E-state index is 13.2. The number of benzene rings is 4. The first-order chi connectivity index (χ1) is 29.0. The van der Waals surface area contributed by atoms with Crippen molar-refractivity contribution in [3.05, 3.63) is 128 Å². The highest BCUT2D eigenvalue weighted by Gasteiger charge is 2.44. The van der Waals surface area contributed by atoms with Gasteiger partial charge in [0.1, 0.15) is 17.0 Å². The monoisotopic (exact) mass is 958 g/mol. The zero-order valence-corrected chi connectivity index (χ0v) is 41.0. The molecule has 0 spiro atoms. The van der Waals surface area contributed by atoms with E-state index in [1.54, 1.807) is 106 Å². The molecule has 0 unspecified atom stereocenters. The van der Waals surface area contributed by atoms with E-state index in [9.17, 15) is 24.3 Å². The fraction of sp³-hybridized carbons (Fsp3) is 0.333. The minimum atomic E-state index is -1.08. The molecule has 2 aliphatic rings. The summed E-state index contributed by atoms with van der Waals surface area (Å²) in [6.07, 6.45) is 0. The molecule has 0 radical (unpaired) electrons. The van der Waals surface area contributed by atoms with E-state index in [2.05, 4.69) is 0 Å². The average Bonchev–Trinajstić information content (AvgIpc) is 3.17. The lowest BCUT2D eigenvalue weighted by atomic mass is 9.91. The summed E-state index contributed by atoms with van der Waals surface area (Å²) in [7, 11) is 3.02. The molecule has 0 aromatic heterocycles. The Kier molecular flexibility index (Phi) is 16.1. The number of carbonyl (C=O) groups is 4. The second kappa shape index (κ2) is 19.8. The number of hydrogen-bond donors (Lipinski definition) is 1. The number of nitrogens with zero attached hydrogens (tertiary/aromatic N) is 2. The summed E-state index contributed by atoms with van der Waals surface area (Å²) < 4.78 is 5.76. The normalized spacial score (nSPS) is 16.2. The van der Waals surface area contributed by atoms with E-state index >= 15 is 0 Å². The number of hydrogen-bond acceptors (Lipinski definition) is 8. The van der Waals surface area contributed by atoms with Crippen LogP contribution in [0.1, 0.15) is 80.4 Å². The van der Waals surface area contributed by atoms with E-state index in [0.717, 1.165) is 32.4 Å². The van der Waals surface area contributed by atoms with Gasteiger partial charge in [0.2, 0.25) is 5.24 Å². The van der Waals surface area contributed by atoms with Gasteiger partial charge in [-0.25, -0.2) is 10.1 Å². The van der Waals surface area contributed by atoms with E-state index in [1.807, 2.05) is 48.5 Å². The van der Waals surface area contributed by atoms with Crippen molar-refractivity contribution in [2.75, 3.05) is 14.1 Å². The third-order valence-corrected chi connectivity index (χ3v) is 11.2. The Labute approximate surface area is 394 Å². The molecule has 63 heavy (non-hydrogen) atoms. The van der Waals surface area contributed by atoms with E-state index in [4.69, 9.17) is 72.4 Å². The first-order valence-corrected chi connectivity index (χ1v) is 21.5. The molecule has 1 N–H and O–H groups in total. The van der Waals surface area contributed by atoms with Crippen LogP contribution >= 0.6 is 58.0 Å². The summed E-state index contributed by atoms with van der Waals surface area (Å²) >= 11 is 30.2. The summed E-state index contributed by atoms with van der Waals surface area (Å²) in [6, 6.07) is 25.4. The van der Waals surface area contributed by atoms with Gasteiger partial charge in [0.05, 0.1) is 16.6 Å². The summed E-state index contributed by atoms with van der Waals surface area (Å²) in [6.45, 7) is 17.4. The van der Waals surface area contributed by atoms with Crippen LogP contribution in [-0.2, 0) is 33.6 Å². The van der Waals surface area contributed by atoms with Gasteiger partial charge in [-0.15, -0.1) is 0 Å². The smallest absolute Gasteiger partial charge is 0.316 e. The van der Waals surface area contributed by atoms with Crippen molar-refractivity contribution in [3.63, 3.8) is 0 Å². The number of hydroxylamine groups is 4. The zero-order chi connectivity index (χ0) is 47.6. The molecule has 2 heterocycles. The van der Waals surface area contributed by atoms with Crippen LogP contribution in [0.25, 0.3) is 33.4 Å². The molecule has 336 valence electrons. The molecule has 0 aliphatic carbocycles. The molecule has 0 saturated heterocycles. The number of carbonyl (C=O) groups excluding carboxylic acids is 4. The van der Waals surface area contributed by atoms with Crippen molar-refractivity contribution in [1.82, 2.24) is 10.1 Å². The Bertz CT molecular complexity index is 2500. The summed E-state index contributed by atoms with van der Waals surface area (Å²) in [4.78, 5) is 59.9. The lowest BCUT2D eigenvalue weighted by Crippen LogP contribution is -2.46. The van der Waals surface area contributed by atoms with E-state index in [0.29, 0.717) is 31.2 Å². The first-order valence-electron chi connectivity index (χ1n) is 19.6. The lowest BCUT2D eigenvalue weighted by molar-refractivity contribution is -0.222. The third kappa shape index (κ3) is 12.5. The van der Waals surface area contributed by atoms with Crippen LogP contribution in [-0.4, -0.2) is 63.6 Å².